The normalized spacial score (nSPS) is 13.8. The van der Waals surface area contributed by atoms with Gasteiger partial charge in [0.1, 0.15) is 0 Å². The molecule has 0 aliphatic heterocycles. The van der Waals surface area contributed by atoms with Gasteiger partial charge in [0.25, 0.3) is 0 Å². The van der Waals surface area contributed by atoms with E-state index in [1.807, 2.05) is 32.2 Å². The molecule has 0 aliphatic rings. The molecule has 0 aliphatic carbocycles. The molecule has 1 aromatic carbocycles. The molecule has 0 bridgehead atoms. The number of hydrogen-bond donors (Lipinski definition) is 1. The van der Waals surface area contributed by atoms with E-state index in [1.165, 1.54) is 0 Å². The average molecular weight is 291 g/mol. The van der Waals surface area contributed by atoms with Crippen LogP contribution in [-0.4, -0.2) is 37.4 Å². The highest BCUT2D eigenvalue weighted by Gasteiger charge is 2.20. The molecule has 0 saturated heterocycles. The van der Waals surface area contributed by atoms with Gasteiger partial charge in [0, 0.05) is 11.6 Å². The van der Waals surface area contributed by atoms with Crippen molar-refractivity contribution < 1.29 is 14.0 Å². The lowest BCUT2D eigenvalue weighted by Gasteiger charge is -2.14. The zero-order valence-corrected chi connectivity index (χ0v) is 13.0. The van der Waals surface area contributed by atoms with Crippen LogP contribution < -0.4 is 14.8 Å². The molecule has 6 nitrogen and oxygen atoms in total. The second kappa shape index (κ2) is 6.58. The highest BCUT2D eigenvalue weighted by molar-refractivity contribution is 5.60. The number of benzene rings is 1. The molecule has 1 heterocycles. The number of nitrogens with one attached hydrogen (secondary N) is 1. The minimum absolute atomic E-state index is 0.136. The number of hydrogen-bond acceptors (Lipinski definition) is 6. The number of methoxy groups -OCH3 is 2. The van der Waals surface area contributed by atoms with Crippen LogP contribution in [0.5, 0.6) is 11.5 Å². The monoisotopic (exact) mass is 291 g/mol. The fraction of sp³-hybridized carbons (Fsp3) is 0.467. The maximum atomic E-state index is 5.36. The largest absolute Gasteiger partial charge is 0.493 e. The predicted octanol–water partition coefficient (Wildman–Crippen LogP) is 2.47. The van der Waals surface area contributed by atoms with Gasteiger partial charge < -0.3 is 19.3 Å². The molecule has 2 unspecified atom stereocenters. The van der Waals surface area contributed by atoms with E-state index in [4.69, 9.17) is 14.0 Å². The summed E-state index contributed by atoms with van der Waals surface area (Å²) in [5, 5.41) is 7.23. The first kappa shape index (κ1) is 15.3. The summed E-state index contributed by atoms with van der Waals surface area (Å²) in [6, 6.07) is 5.79. The van der Waals surface area contributed by atoms with Gasteiger partial charge >= 0.3 is 0 Å². The summed E-state index contributed by atoms with van der Waals surface area (Å²) in [5.41, 5.74) is 0.826. The van der Waals surface area contributed by atoms with Crippen molar-refractivity contribution in [3.8, 4) is 22.9 Å². The van der Waals surface area contributed by atoms with Gasteiger partial charge in [0.2, 0.25) is 11.7 Å². The fourth-order valence-electron chi connectivity index (χ4n) is 1.98. The van der Waals surface area contributed by atoms with E-state index in [9.17, 15) is 0 Å². The minimum atomic E-state index is 0.136. The fourth-order valence-corrected chi connectivity index (χ4v) is 1.98. The van der Waals surface area contributed by atoms with Crippen molar-refractivity contribution in [3.05, 3.63) is 24.1 Å². The maximum Gasteiger partial charge on any atom is 0.231 e. The van der Waals surface area contributed by atoms with E-state index in [0.29, 0.717) is 23.2 Å². The predicted molar refractivity (Wildman–Crippen MR) is 79.8 cm³/mol. The Labute approximate surface area is 124 Å². The Hall–Kier alpha value is -2.08. The summed E-state index contributed by atoms with van der Waals surface area (Å²) in [6.45, 7) is 4.12. The van der Waals surface area contributed by atoms with E-state index in [-0.39, 0.29) is 12.0 Å². The second-order valence-electron chi connectivity index (χ2n) is 4.89. The molecule has 0 saturated carbocycles. The first-order chi connectivity index (χ1) is 10.1. The van der Waals surface area contributed by atoms with Crippen LogP contribution in [-0.2, 0) is 0 Å². The summed E-state index contributed by atoms with van der Waals surface area (Å²) in [5.74, 6) is 2.60. The van der Waals surface area contributed by atoms with Gasteiger partial charge in [0.05, 0.1) is 20.1 Å². The van der Waals surface area contributed by atoms with Crippen LogP contribution in [0.2, 0.25) is 0 Å². The van der Waals surface area contributed by atoms with E-state index < -0.39 is 0 Å². The molecule has 0 radical (unpaired) electrons. The lowest BCUT2D eigenvalue weighted by atomic mass is 10.0. The molecular weight excluding hydrogens is 270 g/mol. The first-order valence-corrected chi connectivity index (χ1v) is 6.84. The Morgan fingerprint density at radius 1 is 1.14 bits per heavy atom. The van der Waals surface area contributed by atoms with E-state index in [0.717, 1.165) is 5.56 Å². The maximum absolute atomic E-state index is 5.36. The molecule has 2 atom stereocenters. The molecular formula is C15H21N3O3. The van der Waals surface area contributed by atoms with Gasteiger partial charge in [-0.15, -0.1) is 0 Å². The van der Waals surface area contributed by atoms with E-state index >= 15 is 0 Å². The first-order valence-electron chi connectivity index (χ1n) is 6.84. The molecule has 1 N–H and O–H groups in total. The van der Waals surface area contributed by atoms with Crippen LogP contribution in [0.1, 0.15) is 25.7 Å². The molecule has 0 amide bonds. The Bertz CT molecular complexity index is 598. The summed E-state index contributed by atoms with van der Waals surface area (Å²) >= 11 is 0. The van der Waals surface area contributed by atoms with Crippen molar-refractivity contribution in [2.45, 2.75) is 25.8 Å². The van der Waals surface area contributed by atoms with Crippen molar-refractivity contribution in [3.63, 3.8) is 0 Å². The smallest absolute Gasteiger partial charge is 0.231 e. The van der Waals surface area contributed by atoms with Crippen LogP contribution >= 0.6 is 0 Å². The van der Waals surface area contributed by atoms with Gasteiger partial charge in [-0.25, -0.2) is 0 Å². The van der Waals surface area contributed by atoms with Crippen molar-refractivity contribution >= 4 is 0 Å². The van der Waals surface area contributed by atoms with E-state index in [2.05, 4.69) is 22.4 Å². The number of rotatable bonds is 6. The van der Waals surface area contributed by atoms with Crippen molar-refractivity contribution in [1.82, 2.24) is 15.5 Å². The Kier molecular flexibility index (Phi) is 4.80. The Balaban J connectivity index is 2.29. The molecule has 1 aromatic heterocycles. The molecule has 114 valence electrons. The molecule has 21 heavy (non-hydrogen) atoms. The highest BCUT2D eigenvalue weighted by Crippen LogP contribution is 2.31. The third kappa shape index (κ3) is 3.16. The Morgan fingerprint density at radius 2 is 1.86 bits per heavy atom. The molecule has 0 fully saturated rings. The molecule has 2 aromatic rings. The van der Waals surface area contributed by atoms with Gasteiger partial charge in [-0.2, -0.15) is 4.98 Å². The quantitative estimate of drug-likeness (QED) is 0.881. The number of likely N-dealkylation sites (N-methyl/N-ethyl adjacent to an activating group) is 1. The third-order valence-electron chi connectivity index (χ3n) is 3.68. The van der Waals surface area contributed by atoms with Crippen LogP contribution in [0, 0.1) is 0 Å². The van der Waals surface area contributed by atoms with Gasteiger partial charge in [-0.05, 0) is 32.2 Å². The third-order valence-corrected chi connectivity index (χ3v) is 3.68. The summed E-state index contributed by atoms with van der Waals surface area (Å²) in [7, 11) is 5.11. The van der Waals surface area contributed by atoms with Crippen LogP contribution in [0.3, 0.4) is 0 Å². The van der Waals surface area contributed by atoms with Crippen molar-refractivity contribution in [2.24, 2.45) is 0 Å². The van der Waals surface area contributed by atoms with Crippen LogP contribution in [0.4, 0.5) is 0 Å². The zero-order valence-electron chi connectivity index (χ0n) is 13.0. The SMILES string of the molecule is CNC(C)C(C)c1nc(-c2ccc(OC)c(OC)c2)no1. The highest BCUT2D eigenvalue weighted by atomic mass is 16.5. The van der Waals surface area contributed by atoms with Crippen molar-refractivity contribution in [2.75, 3.05) is 21.3 Å². The van der Waals surface area contributed by atoms with Crippen molar-refractivity contribution in [1.29, 1.82) is 0 Å². The molecule has 6 heteroatoms. The molecule has 2 rings (SSSR count). The average Bonchev–Trinajstić information content (AvgIpc) is 3.02. The standard InChI is InChI=1S/C15H21N3O3/c1-9(10(2)16-3)15-17-14(18-21-15)11-6-7-12(19-4)13(8-11)20-5/h6-10,16H,1-5H3. The number of aromatic nitrogens is 2. The topological polar surface area (TPSA) is 69.4 Å². The lowest BCUT2D eigenvalue weighted by Crippen LogP contribution is -2.27. The summed E-state index contributed by atoms with van der Waals surface area (Å²) in [6.07, 6.45) is 0. The lowest BCUT2D eigenvalue weighted by molar-refractivity contribution is 0.336. The Morgan fingerprint density at radius 3 is 2.48 bits per heavy atom. The van der Waals surface area contributed by atoms with Gasteiger partial charge in [-0.1, -0.05) is 12.1 Å². The summed E-state index contributed by atoms with van der Waals surface area (Å²) in [4.78, 5) is 4.47. The summed E-state index contributed by atoms with van der Waals surface area (Å²) < 4.78 is 15.9. The van der Waals surface area contributed by atoms with E-state index in [1.54, 1.807) is 14.2 Å². The number of ether oxygens (including phenoxy) is 2. The second-order valence-corrected chi connectivity index (χ2v) is 4.89. The van der Waals surface area contributed by atoms with Crippen LogP contribution in [0.25, 0.3) is 11.4 Å². The zero-order chi connectivity index (χ0) is 15.4. The van der Waals surface area contributed by atoms with Crippen LogP contribution in [0.15, 0.2) is 22.7 Å². The molecule has 0 spiro atoms. The number of nitrogens with zero attached hydrogens (tertiary/aromatic N) is 2. The minimum Gasteiger partial charge on any atom is -0.493 e. The van der Waals surface area contributed by atoms with Gasteiger partial charge in [-0.3, -0.25) is 0 Å². The van der Waals surface area contributed by atoms with Gasteiger partial charge in [0.15, 0.2) is 11.5 Å².